The van der Waals surface area contributed by atoms with Gasteiger partial charge in [0.1, 0.15) is 6.54 Å². The highest BCUT2D eigenvalue weighted by Crippen LogP contribution is 2.36. The van der Waals surface area contributed by atoms with Crippen LogP contribution in [0.3, 0.4) is 0 Å². The van der Waals surface area contributed by atoms with Gasteiger partial charge in [-0.1, -0.05) is 23.7 Å². The number of carbonyl (C=O) groups excluding carboxylic acids is 1. The van der Waals surface area contributed by atoms with Gasteiger partial charge < -0.3 is 10.4 Å². The Morgan fingerprint density at radius 2 is 2.09 bits per heavy atom. The third kappa shape index (κ3) is 3.24. The standard InChI is InChI=1S/C14H15ClN2O4S/c15-11-3-1-2-4-13(11)22(20,21)9-7-10(12(18)8-9)14(19)17-6-5-16/h1-4,9-10,12,18H,6-8H2,(H,17,19). The van der Waals surface area contributed by atoms with Crippen molar-refractivity contribution >= 4 is 27.3 Å². The predicted octanol–water partition coefficient (Wildman–Crippen LogP) is 0.893. The Morgan fingerprint density at radius 1 is 1.41 bits per heavy atom. The third-order valence-electron chi connectivity index (χ3n) is 3.75. The molecule has 1 aliphatic carbocycles. The SMILES string of the molecule is N#CCNC(=O)C1CC(S(=O)(=O)c2ccccc2Cl)CC1O. The Bertz CT molecular complexity index is 714. The molecule has 1 aromatic carbocycles. The van der Waals surface area contributed by atoms with Crippen LogP contribution >= 0.6 is 11.6 Å². The second-order valence-electron chi connectivity index (χ2n) is 5.12. The highest BCUT2D eigenvalue weighted by atomic mass is 35.5. The maximum Gasteiger partial charge on any atom is 0.226 e. The first-order valence-electron chi connectivity index (χ1n) is 6.69. The number of nitrogens with one attached hydrogen (secondary N) is 1. The maximum atomic E-state index is 12.6. The molecule has 1 amide bonds. The lowest BCUT2D eigenvalue weighted by atomic mass is 10.1. The monoisotopic (exact) mass is 342 g/mol. The van der Waals surface area contributed by atoms with Crippen LogP contribution in [0.1, 0.15) is 12.8 Å². The molecule has 0 saturated heterocycles. The number of carbonyl (C=O) groups is 1. The van der Waals surface area contributed by atoms with Crippen LogP contribution in [-0.4, -0.2) is 37.3 Å². The molecule has 0 heterocycles. The molecule has 0 spiro atoms. The van der Waals surface area contributed by atoms with E-state index in [1.54, 1.807) is 18.2 Å². The Hall–Kier alpha value is -1.62. The van der Waals surface area contributed by atoms with Gasteiger partial charge in [-0.3, -0.25) is 4.79 Å². The quantitative estimate of drug-likeness (QED) is 0.790. The second-order valence-corrected chi connectivity index (χ2v) is 7.72. The number of sulfone groups is 1. The Labute approximate surface area is 133 Å². The van der Waals surface area contributed by atoms with Gasteiger partial charge >= 0.3 is 0 Å². The van der Waals surface area contributed by atoms with E-state index in [1.807, 2.05) is 0 Å². The van der Waals surface area contributed by atoms with Gasteiger partial charge in [-0.05, 0) is 25.0 Å². The van der Waals surface area contributed by atoms with E-state index >= 15 is 0 Å². The molecular weight excluding hydrogens is 328 g/mol. The maximum absolute atomic E-state index is 12.6. The first-order chi connectivity index (χ1) is 10.4. The first kappa shape index (κ1) is 16.7. The number of hydrogen-bond acceptors (Lipinski definition) is 5. The van der Waals surface area contributed by atoms with Crippen molar-refractivity contribution in [3.05, 3.63) is 29.3 Å². The molecule has 22 heavy (non-hydrogen) atoms. The largest absolute Gasteiger partial charge is 0.392 e. The molecule has 1 aromatic rings. The van der Waals surface area contributed by atoms with E-state index < -0.39 is 33.0 Å². The summed E-state index contributed by atoms with van der Waals surface area (Å²) in [6.07, 6.45) is -1.08. The summed E-state index contributed by atoms with van der Waals surface area (Å²) in [5.41, 5.74) is 0. The Balaban J connectivity index is 2.20. The number of aliphatic hydroxyl groups excluding tert-OH is 1. The van der Waals surface area contributed by atoms with E-state index in [1.165, 1.54) is 12.1 Å². The topological polar surface area (TPSA) is 107 Å². The molecule has 6 nitrogen and oxygen atoms in total. The minimum Gasteiger partial charge on any atom is -0.392 e. The summed E-state index contributed by atoms with van der Waals surface area (Å²) in [6.45, 7) is -0.177. The molecule has 2 rings (SSSR count). The second kappa shape index (κ2) is 6.65. The molecule has 8 heteroatoms. The van der Waals surface area contributed by atoms with Gasteiger partial charge in [-0.15, -0.1) is 0 Å². The highest BCUT2D eigenvalue weighted by Gasteiger charge is 2.44. The lowest BCUT2D eigenvalue weighted by molar-refractivity contribution is -0.127. The van der Waals surface area contributed by atoms with Gasteiger partial charge in [0.2, 0.25) is 5.91 Å². The molecule has 1 saturated carbocycles. The smallest absolute Gasteiger partial charge is 0.226 e. The van der Waals surface area contributed by atoms with Gasteiger partial charge in [0.15, 0.2) is 9.84 Å². The summed E-state index contributed by atoms with van der Waals surface area (Å²) < 4.78 is 25.2. The number of hydrogen-bond donors (Lipinski definition) is 2. The van der Waals surface area contributed by atoms with Crippen molar-refractivity contribution in [1.29, 1.82) is 5.26 Å². The van der Waals surface area contributed by atoms with Gasteiger partial charge in [0.25, 0.3) is 0 Å². The van der Waals surface area contributed by atoms with E-state index in [-0.39, 0.29) is 29.3 Å². The Kier molecular flexibility index (Phi) is 5.06. The van der Waals surface area contributed by atoms with Crippen LogP contribution < -0.4 is 5.32 Å². The highest BCUT2D eigenvalue weighted by molar-refractivity contribution is 7.92. The molecule has 0 aromatic heterocycles. The molecule has 3 unspecified atom stereocenters. The fourth-order valence-corrected chi connectivity index (χ4v) is 4.95. The van der Waals surface area contributed by atoms with Crippen molar-refractivity contribution in [2.45, 2.75) is 29.1 Å². The van der Waals surface area contributed by atoms with Crippen molar-refractivity contribution < 1.29 is 18.3 Å². The first-order valence-corrected chi connectivity index (χ1v) is 8.61. The van der Waals surface area contributed by atoms with Crippen LogP contribution in [0.2, 0.25) is 5.02 Å². The summed E-state index contributed by atoms with van der Waals surface area (Å²) in [4.78, 5) is 11.9. The van der Waals surface area contributed by atoms with Gasteiger partial charge in [-0.2, -0.15) is 5.26 Å². The molecule has 1 fully saturated rings. The average molecular weight is 343 g/mol. The van der Waals surface area contributed by atoms with Gasteiger partial charge in [-0.25, -0.2) is 8.42 Å². The van der Waals surface area contributed by atoms with Crippen LogP contribution in [0.4, 0.5) is 0 Å². The molecule has 2 N–H and O–H groups in total. The average Bonchev–Trinajstić information content (AvgIpc) is 2.88. The minimum atomic E-state index is -3.73. The molecule has 0 bridgehead atoms. The number of rotatable bonds is 4. The van der Waals surface area contributed by atoms with Crippen LogP contribution in [0.5, 0.6) is 0 Å². The summed E-state index contributed by atoms with van der Waals surface area (Å²) in [5, 5.41) is 20.0. The number of aliphatic hydroxyl groups is 1. The van der Waals surface area contributed by atoms with E-state index in [0.717, 1.165) is 0 Å². The number of nitriles is 1. The van der Waals surface area contributed by atoms with Crippen molar-refractivity contribution in [3.8, 4) is 6.07 Å². The van der Waals surface area contributed by atoms with E-state index in [4.69, 9.17) is 16.9 Å². The number of nitrogens with zero attached hydrogens (tertiary/aromatic N) is 1. The van der Waals surface area contributed by atoms with Gasteiger partial charge in [0, 0.05) is 0 Å². The number of amides is 1. The summed E-state index contributed by atoms with van der Waals surface area (Å²) in [5.74, 6) is -1.35. The summed E-state index contributed by atoms with van der Waals surface area (Å²) >= 11 is 5.93. The van der Waals surface area contributed by atoms with Crippen LogP contribution in [0.25, 0.3) is 0 Å². The molecule has 0 aliphatic heterocycles. The number of benzene rings is 1. The van der Waals surface area contributed by atoms with E-state index in [2.05, 4.69) is 5.32 Å². The summed E-state index contributed by atoms with van der Waals surface area (Å²) in [7, 11) is -3.73. The molecule has 0 radical (unpaired) electrons. The van der Waals surface area contributed by atoms with Crippen molar-refractivity contribution in [2.24, 2.45) is 5.92 Å². The minimum absolute atomic E-state index is 0.00594. The summed E-state index contributed by atoms with van der Waals surface area (Å²) in [6, 6.07) is 7.85. The molecule has 118 valence electrons. The normalized spacial score (nSPS) is 24.7. The predicted molar refractivity (Wildman–Crippen MR) is 79.8 cm³/mol. The van der Waals surface area contributed by atoms with Crippen LogP contribution in [0, 0.1) is 17.2 Å². The van der Waals surface area contributed by atoms with E-state index in [0.29, 0.717) is 0 Å². The van der Waals surface area contributed by atoms with Gasteiger partial charge in [0.05, 0.1) is 33.3 Å². The molecule has 3 atom stereocenters. The van der Waals surface area contributed by atoms with Crippen molar-refractivity contribution in [1.82, 2.24) is 5.32 Å². The third-order valence-corrected chi connectivity index (χ3v) is 6.42. The zero-order chi connectivity index (χ0) is 16.3. The molecular formula is C14H15ClN2O4S. The fourth-order valence-electron chi connectivity index (χ4n) is 2.62. The zero-order valence-corrected chi connectivity index (χ0v) is 13.1. The lowest BCUT2D eigenvalue weighted by Gasteiger charge is -2.13. The fraction of sp³-hybridized carbons (Fsp3) is 0.429. The van der Waals surface area contributed by atoms with Crippen molar-refractivity contribution in [3.63, 3.8) is 0 Å². The Morgan fingerprint density at radius 3 is 2.73 bits per heavy atom. The van der Waals surface area contributed by atoms with Crippen LogP contribution in [-0.2, 0) is 14.6 Å². The lowest BCUT2D eigenvalue weighted by Crippen LogP contribution is -2.35. The van der Waals surface area contributed by atoms with Crippen LogP contribution in [0.15, 0.2) is 29.2 Å². The number of halogens is 1. The molecule has 1 aliphatic rings. The van der Waals surface area contributed by atoms with Crippen molar-refractivity contribution in [2.75, 3.05) is 6.54 Å². The zero-order valence-electron chi connectivity index (χ0n) is 11.6. The van der Waals surface area contributed by atoms with E-state index in [9.17, 15) is 18.3 Å².